The third-order valence-corrected chi connectivity index (χ3v) is 6.26. The molecule has 0 aliphatic heterocycles. The van der Waals surface area contributed by atoms with Crippen LogP contribution in [0.2, 0.25) is 0 Å². The maximum Gasteiger partial charge on any atom is 0.181 e. The van der Waals surface area contributed by atoms with Crippen LogP contribution in [0.3, 0.4) is 0 Å². The van der Waals surface area contributed by atoms with E-state index in [0.717, 1.165) is 50.2 Å². The number of Topliss-reactive ketones (excluding diaryl/α,β-unsaturated/α-hetero) is 1. The molecule has 8 heteroatoms. The van der Waals surface area contributed by atoms with Crippen LogP contribution in [0.5, 0.6) is 0 Å². The molecule has 6 rings (SSSR count). The molecule has 0 fully saturated rings. The van der Waals surface area contributed by atoms with Gasteiger partial charge in [0.1, 0.15) is 11.5 Å². The molecule has 176 valence electrons. The standard InChI is InChI=1S/C28H23N7O/c1-16(2)24(36)13-19-10-9-17(14-30-19)18-12-21-26(34-35-27(21)31-15-18)28-32-23-8-5-6-20(25(23)33-28)22-7-3-4-11-29-22/h3-12,14-16H,13H2,1-2H3,(H,32,33)(H,31,34,35). The van der Waals surface area contributed by atoms with E-state index in [1.807, 2.05) is 68.4 Å². The van der Waals surface area contributed by atoms with Crippen LogP contribution >= 0.6 is 0 Å². The average Bonchev–Trinajstić information content (AvgIpc) is 3.53. The molecule has 6 aromatic rings. The summed E-state index contributed by atoms with van der Waals surface area (Å²) in [6, 6.07) is 17.7. The van der Waals surface area contributed by atoms with E-state index in [-0.39, 0.29) is 11.7 Å². The number of carbonyl (C=O) groups excluding carboxylic acids is 1. The van der Waals surface area contributed by atoms with Gasteiger partial charge in [0.15, 0.2) is 11.5 Å². The summed E-state index contributed by atoms with van der Waals surface area (Å²) in [6.07, 6.45) is 5.68. The van der Waals surface area contributed by atoms with Gasteiger partial charge in [-0.1, -0.05) is 38.1 Å². The summed E-state index contributed by atoms with van der Waals surface area (Å²) in [6.45, 7) is 3.81. The van der Waals surface area contributed by atoms with E-state index in [2.05, 4.69) is 30.1 Å². The topological polar surface area (TPSA) is 113 Å². The predicted molar refractivity (Wildman–Crippen MR) is 139 cm³/mol. The van der Waals surface area contributed by atoms with Gasteiger partial charge in [-0.05, 0) is 30.3 Å². The molecule has 0 unspecified atom stereocenters. The van der Waals surface area contributed by atoms with E-state index in [1.165, 1.54) is 0 Å². The number of nitrogens with one attached hydrogen (secondary N) is 2. The molecule has 0 aliphatic rings. The van der Waals surface area contributed by atoms with Gasteiger partial charge in [-0.2, -0.15) is 5.10 Å². The molecule has 0 amide bonds. The number of rotatable bonds is 6. The van der Waals surface area contributed by atoms with Gasteiger partial charge in [0.25, 0.3) is 0 Å². The van der Waals surface area contributed by atoms with E-state index in [1.54, 1.807) is 18.6 Å². The maximum atomic E-state index is 12.0. The van der Waals surface area contributed by atoms with Gasteiger partial charge >= 0.3 is 0 Å². The number of nitrogens with zero attached hydrogens (tertiary/aromatic N) is 5. The Morgan fingerprint density at radius 3 is 2.61 bits per heavy atom. The molecule has 5 aromatic heterocycles. The molecular weight excluding hydrogens is 450 g/mol. The summed E-state index contributed by atoms with van der Waals surface area (Å²) in [4.78, 5) is 33.9. The second-order valence-electron chi connectivity index (χ2n) is 9.03. The van der Waals surface area contributed by atoms with Crippen molar-refractivity contribution in [2.24, 2.45) is 5.92 Å². The first kappa shape index (κ1) is 21.8. The van der Waals surface area contributed by atoms with Crippen molar-refractivity contribution in [3.8, 4) is 33.9 Å². The summed E-state index contributed by atoms with van der Waals surface area (Å²) in [5.41, 5.74) is 7.53. The fraction of sp³-hybridized carbons (Fsp3) is 0.143. The number of fused-ring (bicyclic) bond motifs is 2. The number of imidazole rings is 1. The maximum absolute atomic E-state index is 12.0. The predicted octanol–water partition coefficient (Wildman–Crippen LogP) is 5.39. The number of pyridine rings is 3. The van der Waals surface area contributed by atoms with Crippen molar-refractivity contribution in [1.29, 1.82) is 0 Å². The van der Waals surface area contributed by atoms with Gasteiger partial charge in [0.05, 0.1) is 22.1 Å². The fourth-order valence-corrected chi connectivity index (χ4v) is 4.20. The molecule has 2 N–H and O–H groups in total. The highest BCUT2D eigenvalue weighted by atomic mass is 16.1. The fourth-order valence-electron chi connectivity index (χ4n) is 4.20. The lowest BCUT2D eigenvalue weighted by molar-refractivity contribution is -0.121. The summed E-state index contributed by atoms with van der Waals surface area (Å²) in [5.74, 6) is 0.852. The lowest BCUT2D eigenvalue weighted by Crippen LogP contribution is -2.11. The average molecular weight is 474 g/mol. The Hall–Kier alpha value is -4.72. The minimum atomic E-state index is -0.00381. The minimum absolute atomic E-state index is 0.00381. The minimum Gasteiger partial charge on any atom is -0.337 e. The van der Waals surface area contributed by atoms with E-state index >= 15 is 0 Å². The van der Waals surface area contributed by atoms with Crippen LogP contribution < -0.4 is 0 Å². The Morgan fingerprint density at radius 2 is 1.83 bits per heavy atom. The second-order valence-corrected chi connectivity index (χ2v) is 9.03. The molecule has 0 aliphatic carbocycles. The highest BCUT2D eigenvalue weighted by molar-refractivity contribution is 5.96. The van der Waals surface area contributed by atoms with Gasteiger partial charge in [-0.25, -0.2) is 9.97 Å². The lowest BCUT2D eigenvalue weighted by Gasteiger charge is -2.05. The van der Waals surface area contributed by atoms with Crippen LogP contribution in [0, 0.1) is 5.92 Å². The van der Waals surface area contributed by atoms with Crippen LogP contribution in [-0.4, -0.2) is 40.9 Å². The zero-order valence-corrected chi connectivity index (χ0v) is 19.9. The Morgan fingerprint density at radius 1 is 0.944 bits per heavy atom. The number of carbonyl (C=O) groups is 1. The first-order chi connectivity index (χ1) is 17.6. The van der Waals surface area contributed by atoms with Crippen LogP contribution in [0.4, 0.5) is 0 Å². The van der Waals surface area contributed by atoms with Gasteiger partial charge in [-0.3, -0.25) is 19.9 Å². The lowest BCUT2D eigenvalue weighted by atomic mass is 10.0. The molecule has 0 spiro atoms. The van der Waals surface area contributed by atoms with Gasteiger partial charge in [0.2, 0.25) is 0 Å². The second kappa shape index (κ2) is 8.81. The van der Waals surface area contributed by atoms with Gasteiger partial charge < -0.3 is 4.98 Å². The molecular formula is C28H23N7O. The normalized spacial score (nSPS) is 11.5. The summed E-state index contributed by atoms with van der Waals surface area (Å²) < 4.78 is 0. The Bertz CT molecular complexity index is 1700. The van der Waals surface area contributed by atoms with Crippen molar-refractivity contribution in [3.63, 3.8) is 0 Å². The zero-order chi connectivity index (χ0) is 24.6. The van der Waals surface area contributed by atoms with Crippen molar-refractivity contribution in [1.82, 2.24) is 35.1 Å². The van der Waals surface area contributed by atoms with Gasteiger partial charge in [0, 0.05) is 53.3 Å². The molecule has 5 heterocycles. The first-order valence-electron chi connectivity index (χ1n) is 11.8. The van der Waals surface area contributed by atoms with E-state index in [0.29, 0.717) is 17.9 Å². The first-order valence-corrected chi connectivity index (χ1v) is 11.8. The third kappa shape index (κ3) is 3.92. The van der Waals surface area contributed by atoms with E-state index in [4.69, 9.17) is 4.98 Å². The molecule has 1 aromatic carbocycles. The zero-order valence-electron chi connectivity index (χ0n) is 19.9. The Balaban J connectivity index is 1.38. The molecule has 0 saturated heterocycles. The smallest absolute Gasteiger partial charge is 0.181 e. The molecule has 0 radical (unpaired) electrons. The highest BCUT2D eigenvalue weighted by Crippen LogP contribution is 2.31. The number of benzene rings is 1. The summed E-state index contributed by atoms with van der Waals surface area (Å²) in [7, 11) is 0. The molecule has 36 heavy (non-hydrogen) atoms. The summed E-state index contributed by atoms with van der Waals surface area (Å²) in [5, 5.41) is 8.33. The third-order valence-electron chi connectivity index (χ3n) is 6.26. The molecule has 0 atom stereocenters. The van der Waals surface area contributed by atoms with Crippen molar-refractivity contribution < 1.29 is 4.79 Å². The van der Waals surface area contributed by atoms with Gasteiger partial charge in [-0.15, -0.1) is 0 Å². The van der Waals surface area contributed by atoms with E-state index < -0.39 is 0 Å². The monoisotopic (exact) mass is 473 g/mol. The quantitative estimate of drug-likeness (QED) is 0.335. The van der Waals surface area contributed by atoms with Crippen LogP contribution in [0.1, 0.15) is 19.5 Å². The van der Waals surface area contributed by atoms with Crippen molar-refractivity contribution in [3.05, 3.63) is 78.9 Å². The number of aromatic nitrogens is 7. The summed E-state index contributed by atoms with van der Waals surface area (Å²) >= 11 is 0. The van der Waals surface area contributed by atoms with Crippen LogP contribution in [0.25, 0.3) is 56.0 Å². The molecule has 0 saturated carbocycles. The highest BCUT2D eigenvalue weighted by Gasteiger charge is 2.16. The number of hydrogen-bond acceptors (Lipinski definition) is 6. The van der Waals surface area contributed by atoms with Crippen molar-refractivity contribution >= 4 is 27.9 Å². The SMILES string of the molecule is CC(C)C(=O)Cc1ccc(-c2cnc3n[nH]c(-c4nc5c(-c6ccccn6)cccc5[nH]4)c3c2)cn1. The van der Waals surface area contributed by atoms with Crippen molar-refractivity contribution in [2.45, 2.75) is 20.3 Å². The van der Waals surface area contributed by atoms with Crippen molar-refractivity contribution in [2.75, 3.05) is 0 Å². The number of H-pyrrole nitrogens is 2. The van der Waals surface area contributed by atoms with Crippen LogP contribution in [-0.2, 0) is 11.2 Å². The number of ketones is 1. The Kier molecular flexibility index (Phi) is 5.33. The Labute approximate surface area is 206 Å². The molecule has 8 nitrogen and oxygen atoms in total. The number of aromatic amines is 2. The molecule has 0 bridgehead atoms. The largest absolute Gasteiger partial charge is 0.337 e. The van der Waals surface area contributed by atoms with Crippen LogP contribution in [0.15, 0.2) is 73.2 Å². The number of hydrogen-bond donors (Lipinski definition) is 2. The van der Waals surface area contributed by atoms with E-state index in [9.17, 15) is 4.79 Å². The number of para-hydroxylation sites is 1.